The lowest BCUT2D eigenvalue weighted by atomic mass is 9.88. The van der Waals surface area contributed by atoms with Gasteiger partial charge in [0.25, 0.3) is 0 Å². The van der Waals surface area contributed by atoms with E-state index >= 15 is 0 Å². The van der Waals surface area contributed by atoms with Crippen LogP contribution in [0.15, 0.2) is 59.1 Å². The van der Waals surface area contributed by atoms with Crippen molar-refractivity contribution in [2.45, 2.75) is 18.9 Å². The zero-order chi connectivity index (χ0) is 19.2. The second-order valence-corrected chi connectivity index (χ2v) is 6.32. The molecule has 0 aliphatic rings. The Kier molecular flexibility index (Phi) is 5.83. The molecule has 0 spiro atoms. The smallest absolute Gasteiger partial charge is 0.315 e. The average Bonchev–Trinajstić information content (AvgIpc) is 3.14. The van der Waals surface area contributed by atoms with E-state index in [1.807, 2.05) is 48.5 Å². The Morgan fingerprint density at radius 3 is 2.52 bits per heavy atom. The molecule has 3 rings (SSSR count). The van der Waals surface area contributed by atoms with Gasteiger partial charge in [-0.3, -0.25) is 9.59 Å². The van der Waals surface area contributed by atoms with E-state index < -0.39 is 5.91 Å². The lowest BCUT2D eigenvalue weighted by molar-refractivity contribution is -0.121. The summed E-state index contributed by atoms with van der Waals surface area (Å²) < 4.78 is 4.69. The molecule has 0 aliphatic heterocycles. The molecule has 0 saturated carbocycles. The Morgan fingerprint density at radius 1 is 1.11 bits per heavy atom. The Morgan fingerprint density at radius 2 is 1.85 bits per heavy atom. The van der Waals surface area contributed by atoms with E-state index in [0.717, 1.165) is 11.1 Å². The van der Waals surface area contributed by atoms with E-state index in [1.54, 1.807) is 6.07 Å². The molecule has 2 amide bonds. The maximum absolute atomic E-state index is 12.5. The predicted molar refractivity (Wildman–Crippen MR) is 99.0 cm³/mol. The van der Waals surface area contributed by atoms with Crippen molar-refractivity contribution >= 4 is 23.4 Å². The Hall–Kier alpha value is -3.19. The molecule has 27 heavy (non-hydrogen) atoms. The topological polar surface area (TPSA) is 111 Å². The summed E-state index contributed by atoms with van der Waals surface area (Å²) >= 11 is 6.12. The van der Waals surface area contributed by atoms with Crippen LogP contribution in [0.5, 0.6) is 0 Å². The number of hydrogen-bond donors (Lipinski definition) is 2. The first-order valence-corrected chi connectivity index (χ1v) is 8.60. The number of halogens is 1. The number of amides is 2. The van der Waals surface area contributed by atoms with Crippen molar-refractivity contribution < 1.29 is 14.1 Å². The predicted octanol–water partition coefficient (Wildman–Crippen LogP) is 2.66. The summed E-state index contributed by atoms with van der Waals surface area (Å²) in [7, 11) is 0. The second kappa shape index (κ2) is 8.46. The standard InChI is InChI=1S/C19H17ClN4O3/c20-14-8-4-7-13(9-14)15(12-5-2-1-3-6-12)10-17(25)22-11-16-23-19(18(21)26)27-24-16/h1-9,15H,10-11H2,(H2,21,26)(H,22,25)/t15-/m1/s1. The lowest BCUT2D eigenvalue weighted by Crippen LogP contribution is -2.25. The van der Waals surface area contributed by atoms with Gasteiger partial charge in [0.05, 0.1) is 6.54 Å². The monoisotopic (exact) mass is 384 g/mol. The fourth-order valence-electron chi connectivity index (χ4n) is 2.70. The van der Waals surface area contributed by atoms with E-state index in [4.69, 9.17) is 17.3 Å². The van der Waals surface area contributed by atoms with Crippen molar-refractivity contribution in [3.05, 3.63) is 82.5 Å². The van der Waals surface area contributed by atoms with E-state index in [-0.39, 0.29) is 36.5 Å². The number of benzene rings is 2. The molecule has 3 aromatic rings. The van der Waals surface area contributed by atoms with E-state index in [1.165, 1.54) is 0 Å². The normalized spacial score (nSPS) is 11.7. The summed E-state index contributed by atoms with van der Waals surface area (Å²) in [4.78, 5) is 27.2. The van der Waals surface area contributed by atoms with Gasteiger partial charge in [-0.1, -0.05) is 59.2 Å². The number of carbonyl (C=O) groups excluding carboxylic acids is 2. The number of nitrogens with two attached hydrogens (primary N) is 1. The highest BCUT2D eigenvalue weighted by molar-refractivity contribution is 6.30. The van der Waals surface area contributed by atoms with Crippen LogP contribution in [0.25, 0.3) is 0 Å². The van der Waals surface area contributed by atoms with Crippen LogP contribution < -0.4 is 11.1 Å². The van der Waals surface area contributed by atoms with Crippen molar-refractivity contribution in [1.29, 1.82) is 0 Å². The van der Waals surface area contributed by atoms with Crippen LogP contribution >= 0.6 is 11.6 Å². The fraction of sp³-hybridized carbons (Fsp3) is 0.158. The van der Waals surface area contributed by atoms with Crippen molar-refractivity contribution in [2.24, 2.45) is 5.73 Å². The summed E-state index contributed by atoms with van der Waals surface area (Å²) in [6, 6.07) is 17.2. The number of aromatic nitrogens is 2. The molecule has 2 aromatic carbocycles. The Balaban J connectivity index is 1.71. The molecule has 3 N–H and O–H groups in total. The molecule has 7 nitrogen and oxygen atoms in total. The summed E-state index contributed by atoms with van der Waals surface area (Å²) in [5.41, 5.74) is 7.01. The van der Waals surface area contributed by atoms with Crippen molar-refractivity contribution in [3.63, 3.8) is 0 Å². The minimum atomic E-state index is -0.815. The third-order valence-electron chi connectivity index (χ3n) is 3.97. The highest BCUT2D eigenvalue weighted by Gasteiger charge is 2.19. The van der Waals surface area contributed by atoms with E-state index in [9.17, 15) is 9.59 Å². The van der Waals surface area contributed by atoms with Crippen molar-refractivity contribution in [3.8, 4) is 0 Å². The quantitative estimate of drug-likeness (QED) is 0.650. The number of nitrogens with one attached hydrogen (secondary N) is 1. The van der Waals surface area contributed by atoms with E-state index in [2.05, 4.69) is 20.0 Å². The first kappa shape index (κ1) is 18.6. The lowest BCUT2D eigenvalue weighted by Gasteiger charge is -2.18. The van der Waals surface area contributed by atoms with Crippen molar-refractivity contribution in [1.82, 2.24) is 15.5 Å². The van der Waals surface area contributed by atoms with Crippen LogP contribution in [0.3, 0.4) is 0 Å². The van der Waals surface area contributed by atoms with E-state index in [0.29, 0.717) is 5.02 Å². The van der Waals surface area contributed by atoms with Crippen LogP contribution in [0, 0.1) is 0 Å². The molecule has 8 heteroatoms. The zero-order valence-corrected chi connectivity index (χ0v) is 15.0. The molecule has 0 unspecified atom stereocenters. The Bertz CT molecular complexity index is 943. The fourth-order valence-corrected chi connectivity index (χ4v) is 2.90. The molecule has 0 aliphatic carbocycles. The number of nitrogens with zero attached hydrogens (tertiary/aromatic N) is 2. The number of primary amides is 1. The molecule has 1 aromatic heterocycles. The summed E-state index contributed by atoms with van der Waals surface area (Å²) in [5, 5.41) is 6.93. The third-order valence-corrected chi connectivity index (χ3v) is 4.20. The minimum absolute atomic E-state index is 0.0344. The van der Waals surface area contributed by atoms with Gasteiger partial charge in [-0.15, -0.1) is 0 Å². The summed E-state index contributed by atoms with van der Waals surface area (Å²) in [5.74, 6) is -1.28. The van der Waals surface area contributed by atoms with Gasteiger partial charge in [0.1, 0.15) is 0 Å². The first-order valence-electron chi connectivity index (χ1n) is 8.22. The number of carbonyl (C=O) groups is 2. The molecule has 1 atom stereocenters. The maximum Gasteiger partial charge on any atom is 0.315 e. The van der Waals surface area contributed by atoms with Crippen LogP contribution in [-0.2, 0) is 11.3 Å². The SMILES string of the molecule is NC(=O)c1nc(CNC(=O)C[C@H](c2ccccc2)c2cccc(Cl)c2)no1. The second-order valence-electron chi connectivity index (χ2n) is 5.88. The summed E-state index contributed by atoms with van der Waals surface area (Å²) in [6.45, 7) is 0.0344. The van der Waals surface area contributed by atoms with Gasteiger partial charge in [0, 0.05) is 17.4 Å². The van der Waals surface area contributed by atoms with Gasteiger partial charge in [-0.2, -0.15) is 4.98 Å². The van der Waals surface area contributed by atoms with Crippen LogP contribution in [0.4, 0.5) is 0 Å². The maximum atomic E-state index is 12.5. The Labute approximate surface area is 160 Å². The molecule has 0 saturated heterocycles. The minimum Gasteiger partial charge on any atom is -0.361 e. The molecular weight excluding hydrogens is 368 g/mol. The molecule has 138 valence electrons. The first-order chi connectivity index (χ1) is 13.0. The number of rotatable bonds is 7. The van der Waals surface area contributed by atoms with Gasteiger partial charge in [-0.25, -0.2) is 0 Å². The van der Waals surface area contributed by atoms with Gasteiger partial charge in [0.15, 0.2) is 5.82 Å². The van der Waals surface area contributed by atoms with Gasteiger partial charge >= 0.3 is 11.8 Å². The van der Waals surface area contributed by atoms with Crippen LogP contribution in [0.1, 0.15) is 40.0 Å². The highest BCUT2D eigenvalue weighted by Crippen LogP contribution is 2.29. The molecule has 1 heterocycles. The molecule has 0 radical (unpaired) electrons. The largest absolute Gasteiger partial charge is 0.361 e. The van der Waals surface area contributed by atoms with Crippen LogP contribution in [0.2, 0.25) is 5.02 Å². The number of hydrogen-bond acceptors (Lipinski definition) is 5. The van der Waals surface area contributed by atoms with Crippen molar-refractivity contribution in [2.75, 3.05) is 0 Å². The molecule has 0 bridgehead atoms. The highest BCUT2D eigenvalue weighted by atomic mass is 35.5. The average molecular weight is 385 g/mol. The molecular formula is C19H17ClN4O3. The third kappa shape index (κ3) is 4.92. The van der Waals surface area contributed by atoms with Crippen LogP contribution in [-0.4, -0.2) is 22.0 Å². The van der Waals surface area contributed by atoms with Gasteiger partial charge < -0.3 is 15.6 Å². The zero-order valence-electron chi connectivity index (χ0n) is 14.3. The molecule has 0 fully saturated rings. The van der Waals surface area contributed by atoms with Gasteiger partial charge in [-0.05, 0) is 23.3 Å². The van der Waals surface area contributed by atoms with Gasteiger partial charge in [0.2, 0.25) is 5.91 Å². The summed E-state index contributed by atoms with van der Waals surface area (Å²) in [6.07, 6.45) is 0.213.